The smallest absolute Gasteiger partial charge is 0.125 e. The number of ether oxygens (including phenoxy) is 1. The highest BCUT2D eigenvalue weighted by molar-refractivity contribution is 9.10. The summed E-state index contributed by atoms with van der Waals surface area (Å²) in [5, 5.41) is 9.38. The molecule has 0 saturated heterocycles. The molecule has 18 heavy (non-hydrogen) atoms. The Morgan fingerprint density at radius 3 is 2.50 bits per heavy atom. The van der Waals surface area contributed by atoms with E-state index in [0.717, 1.165) is 40.5 Å². The minimum Gasteiger partial charge on any atom is -0.490 e. The zero-order valence-electron chi connectivity index (χ0n) is 11.0. The van der Waals surface area contributed by atoms with Crippen molar-refractivity contribution >= 4 is 15.9 Å². The molecule has 2 rings (SSSR count). The molecule has 2 nitrogen and oxygen atoms in total. The van der Waals surface area contributed by atoms with Crippen molar-refractivity contribution in [3.63, 3.8) is 0 Å². The Kier molecular flexibility index (Phi) is 4.68. The lowest BCUT2D eigenvalue weighted by atomic mass is 9.82. The van der Waals surface area contributed by atoms with Crippen LogP contribution in [0.5, 0.6) is 5.75 Å². The molecule has 0 amide bonds. The average molecular weight is 313 g/mol. The van der Waals surface area contributed by atoms with Crippen LogP contribution in [-0.2, 0) is 6.61 Å². The molecule has 0 aliphatic heterocycles. The predicted octanol–water partition coefficient (Wildman–Crippen LogP) is 4.14. The number of benzene rings is 1. The van der Waals surface area contributed by atoms with E-state index in [0.29, 0.717) is 0 Å². The van der Waals surface area contributed by atoms with Crippen molar-refractivity contribution in [2.75, 3.05) is 0 Å². The van der Waals surface area contributed by atoms with Gasteiger partial charge in [0.05, 0.1) is 12.7 Å². The summed E-state index contributed by atoms with van der Waals surface area (Å²) in [5.41, 5.74) is 0.857. The zero-order valence-corrected chi connectivity index (χ0v) is 12.6. The molecule has 1 aromatic carbocycles. The number of aliphatic hydroxyl groups is 1. The largest absolute Gasteiger partial charge is 0.490 e. The molecular formula is C15H21BrO2. The molecule has 100 valence electrons. The van der Waals surface area contributed by atoms with Crippen LogP contribution >= 0.6 is 15.9 Å². The average Bonchev–Trinajstić information content (AvgIpc) is 2.30. The summed E-state index contributed by atoms with van der Waals surface area (Å²) in [6.07, 6.45) is 3.82. The summed E-state index contributed by atoms with van der Waals surface area (Å²) in [7, 11) is 0. The first kappa shape index (κ1) is 13.9. The third kappa shape index (κ3) is 3.48. The molecule has 0 bridgehead atoms. The van der Waals surface area contributed by atoms with Gasteiger partial charge in [-0.25, -0.2) is 0 Å². The highest BCUT2D eigenvalue weighted by atomic mass is 79.9. The van der Waals surface area contributed by atoms with E-state index in [9.17, 15) is 5.11 Å². The van der Waals surface area contributed by atoms with Crippen molar-refractivity contribution < 1.29 is 9.84 Å². The fourth-order valence-electron chi connectivity index (χ4n) is 2.94. The molecule has 0 radical (unpaired) electrons. The van der Waals surface area contributed by atoms with Crippen molar-refractivity contribution in [1.29, 1.82) is 0 Å². The molecule has 1 aromatic rings. The Bertz CT molecular complexity index is 395. The lowest BCUT2D eigenvalue weighted by Gasteiger charge is -2.32. The Hall–Kier alpha value is -0.540. The van der Waals surface area contributed by atoms with Crippen LogP contribution < -0.4 is 4.74 Å². The van der Waals surface area contributed by atoms with Crippen molar-refractivity contribution in [1.82, 2.24) is 0 Å². The van der Waals surface area contributed by atoms with E-state index in [-0.39, 0.29) is 12.7 Å². The molecule has 1 N–H and O–H groups in total. The van der Waals surface area contributed by atoms with Gasteiger partial charge in [0.1, 0.15) is 5.75 Å². The van der Waals surface area contributed by atoms with Crippen molar-refractivity contribution in [3.8, 4) is 5.75 Å². The Labute approximate surface area is 117 Å². The molecule has 3 heteroatoms. The van der Waals surface area contributed by atoms with Gasteiger partial charge in [0.15, 0.2) is 0 Å². The lowest BCUT2D eigenvalue weighted by molar-refractivity contribution is 0.0984. The fourth-order valence-corrected chi connectivity index (χ4v) is 3.34. The SMILES string of the molecule is CC1CC(C)CC(Oc2ccc(Br)cc2CO)C1. The molecule has 2 atom stereocenters. The number of hydrogen-bond acceptors (Lipinski definition) is 2. The Balaban J connectivity index is 2.08. The Morgan fingerprint density at radius 2 is 1.89 bits per heavy atom. The van der Waals surface area contributed by atoms with Crippen LogP contribution in [-0.4, -0.2) is 11.2 Å². The summed E-state index contributed by atoms with van der Waals surface area (Å²) in [6, 6.07) is 5.83. The highest BCUT2D eigenvalue weighted by Gasteiger charge is 2.25. The van der Waals surface area contributed by atoms with Crippen LogP contribution in [0.3, 0.4) is 0 Å². The van der Waals surface area contributed by atoms with Crippen molar-refractivity contribution in [2.24, 2.45) is 11.8 Å². The molecule has 0 aromatic heterocycles. The maximum atomic E-state index is 9.38. The third-order valence-electron chi connectivity index (χ3n) is 3.62. The van der Waals surface area contributed by atoms with E-state index < -0.39 is 0 Å². The first-order valence-electron chi connectivity index (χ1n) is 6.64. The van der Waals surface area contributed by atoms with Gasteiger partial charge in [-0.2, -0.15) is 0 Å². The maximum Gasteiger partial charge on any atom is 0.125 e. The van der Waals surface area contributed by atoms with Gasteiger partial charge in [0, 0.05) is 10.0 Å². The molecule has 2 unspecified atom stereocenters. The van der Waals surface area contributed by atoms with E-state index >= 15 is 0 Å². The number of hydrogen-bond donors (Lipinski definition) is 1. The number of halogens is 1. The second-order valence-corrected chi connectivity index (χ2v) is 6.48. The highest BCUT2D eigenvalue weighted by Crippen LogP contribution is 2.33. The quantitative estimate of drug-likeness (QED) is 0.908. The van der Waals surface area contributed by atoms with Gasteiger partial charge in [-0.1, -0.05) is 29.8 Å². The molecule has 1 aliphatic carbocycles. The van der Waals surface area contributed by atoms with Gasteiger partial charge in [0.2, 0.25) is 0 Å². The maximum absolute atomic E-state index is 9.38. The van der Waals surface area contributed by atoms with Crippen LogP contribution in [0, 0.1) is 11.8 Å². The van der Waals surface area contributed by atoms with E-state index in [4.69, 9.17) is 4.74 Å². The van der Waals surface area contributed by atoms with Gasteiger partial charge >= 0.3 is 0 Å². The first-order valence-corrected chi connectivity index (χ1v) is 7.43. The summed E-state index contributed by atoms with van der Waals surface area (Å²) >= 11 is 3.41. The molecular weight excluding hydrogens is 292 g/mol. The van der Waals surface area contributed by atoms with Gasteiger partial charge < -0.3 is 9.84 Å². The summed E-state index contributed by atoms with van der Waals surface area (Å²) in [4.78, 5) is 0. The second kappa shape index (κ2) is 6.07. The van der Waals surface area contributed by atoms with Crippen LogP contribution in [0.4, 0.5) is 0 Å². The molecule has 0 spiro atoms. The van der Waals surface area contributed by atoms with Crippen LogP contribution in [0.1, 0.15) is 38.7 Å². The number of aliphatic hydroxyl groups excluding tert-OH is 1. The third-order valence-corrected chi connectivity index (χ3v) is 4.12. The Morgan fingerprint density at radius 1 is 1.22 bits per heavy atom. The molecule has 1 fully saturated rings. The van der Waals surface area contributed by atoms with E-state index in [1.807, 2.05) is 18.2 Å². The summed E-state index contributed by atoms with van der Waals surface area (Å²) in [6.45, 7) is 4.60. The fraction of sp³-hybridized carbons (Fsp3) is 0.600. The van der Waals surface area contributed by atoms with Crippen LogP contribution in [0.15, 0.2) is 22.7 Å². The minimum absolute atomic E-state index is 0.0204. The predicted molar refractivity (Wildman–Crippen MR) is 76.7 cm³/mol. The van der Waals surface area contributed by atoms with E-state index in [2.05, 4.69) is 29.8 Å². The monoisotopic (exact) mass is 312 g/mol. The van der Waals surface area contributed by atoms with Crippen molar-refractivity contribution in [2.45, 2.75) is 45.8 Å². The standard InChI is InChI=1S/C15H21BrO2/c1-10-5-11(2)7-14(6-10)18-15-4-3-13(16)8-12(15)9-17/h3-4,8,10-11,14,17H,5-7,9H2,1-2H3. The number of rotatable bonds is 3. The molecule has 1 aliphatic rings. The lowest BCUT2D eigenvalue weighted by Crippen LogP contribution is -2.28. The van der Waals surface area contributed by atoms with Gasteiger partial charge in [-0.05, 0) is 49.3 Å². The summed E-state index contributed by atoms with van der Waals surface area (Å²) < 4.78 is 7.07. The summed E-state index contributed by atoms with van der Waals surface area (Å²) in [5.74, 6) is 2.28. The van der Waals surface area contributed by atoms with Crippen molar-refractivity contribution in [3.05, 3.63) is 28.2 Å². The van der Waals surface area contributed by atoms with E-state index in [1.165, 1.54) is 6.42 Å². The van der Waals surface area contributed by atoms with Crippen LogP contribution in [0.2, 0.25) is 0 Å². The topological polar surface area (TPSA) is 29.5 Å². The minimum atomic E-state index is 0.0204. The molecule has 1 saturated carbocycles. The van der Waals surface area contributed by atoms with Gasteiger partial charge in [-0.3, -0.25) is 0 Å². The second-order valence-electron chi connectivity index (χ2n) is 5.57. The van der Waals surface area contributed by atoms with Gasteiger partial charge in [0.25, 0.3) is 0 Å². The normalized spacial score (nSPS) is 28.1. The van der Waals surface area contributed by atoms with Gasteiger partial charge in [-0.15, -0.1) is 0 Å². The zero-order chi connectivity index (χ0) is 13.1. The van der Waals surface area contributed by atoms with E-state index in [1.54, 1.807) is 0 Å². The van der Waals surface area contributed by atoms with Crippen LogP contribution in [0.25, 0.3) is 0 Å². The molecule has 0 heterocycles. The first-order chi connectivity index (χ1) is 8.58.